The summed E-state index contributed by atoms with van der Waals surface area (Å²) in [6.07, 6.45) is 0. The van der Waals surface area contributed by atoms with E-state index in [9.17, 15) is 36.2 Å². The Hall–Kier alpha value is -5.54. The molecular formula is C34H26N4O8S2. The van der Waals surface area contributed by atoms with Gasteiger partial charge in [0, 0.05) is 27.6 Å². The van der Waals surface area contributed by atoms with Gasteiger partial charge in [-0.3, -0.25) is 9.11 Å². The van der Waals surface area contributed by atoms with Gasteiger partial charge >= 0.3 is 0 Å². The fourth-order valence-corrected chi connectivity index (χ4v) is 6.91. The molecule has 14 heteroatoms. The Morgan fingerprint density at radius 2 is 0.979 bits per heavy atom. The van der Waals surface area contributed by atoms with Crippen molar-refractivity contribution >= 4 is 64.5 Å². The molecule has 0 saturated carbocycles. The monoisotopic (exact) mass is 682 g/mol. The molecule has 242 valence electrons. The van der Waals surface area contributed by atoms with E-state index in [1.54, 1.807) is 55.5 Å². The molecule has 0 fully saturated rings. The van der Waals surface area contributed by atoms with Crippen LogP contribution in [0.15, 0.2) is 127 Å². The van der Waals surface area contributed by atoms with Crippen LogP contribution >= 0.6 is 0 Å². The molecule has 4 N–H and O–H groups in total. The van der Waals surface area contributed by atoms with Crippen molar-refractivity contribution < 1.29 is 36.2 Å². The van der Waals surface area contributed by atoms with E-state index in [0.717, 1.165) is 28.8 Å². The molecule has 0 amide bonds. The van der Waals surface area contributed by atoms with Gasteiger partial charge in [0.2, 0.25) is 0 Å². The maximum atomic E-state index is 12.3. The van der Waals surface area contributed by atoms with Gasteiger partial charge in [0.15, 0.2) is 5.75 Å². The van der Waals surface area contributed by atoms with E-state index in [1.165, 1.54) is 24.3 Å². The molecule has 48 heavy (non-hydrogen) atoms. The fourth-order valence-electron chi connectivity index (χ4n) is 5.37. The molecule has 0 aliphatic rings. The average Bonchev–Trinajstić information content (AvgIpc) is 3.03. The van der Waals surface area contributed by atoms with E-state index in [4.69, 9.17) is 0 Å². The van der Waals surface area contributed by atoms with E-state index in [2.05, 4.69) is 20.5 Å². The molecule has 0 unspecified atom stereocenters. The van der Waals surface area contributed by atoms with Crippen LogP contribution in [0.4, 0.5) is 22.7 Å². The van der Waals surface area contributed by atoms with Gasteiger partial charge in [-0.1, -0.05) is 60.7 Å². The van der Waals surface area contributed by atoms with Crippen LogP contribution in [0, 0.1) is 13.8 Å². The molecule has 0 aliphatic carbocycles. The number of azo groups is 2. The Morgan fingerprint density at radius 3 is 1.50 bits per heavy atom. The molecule has 6 aromatic rings. The second-order valence-corrected chi connectivity index (χ2v) is 13.7. The van der Waals surface area contributed by atoms with Gasteiger partial charge in [0.05, 0.1) is 11.4 Å². The maximum absolute atomic E-state index is 12.3. The molecule has 12 nitrogen and oxygen atoms in total. The molecule has 0 saturated heterocycles. The highest BCUT2D eigenvalue weighted by molar-refractivity contribution is 7.86. The molecule has 0 aromatic heterocycles. The summed E-state index contributed by atoms with van der Waals surface area (Å²) in [6, 6.07) is 25.3. The first kappa shape index (κ1) is 32.4. The molecule has 0 radical (unpaired) electrons. The third kappa shape index (κ3) is 6.24. The van der Waals surface area contributed by atoms with Gasteiger partial charge in [-0.05, 0) is 66.4 Å². The van der Waals surface area contributed by atoms with Crippen molar-refractivity contribution in [3.63, 3.8) is 0 Å². The number of nitrogens with zero attached hydrogens (tertiary/aromatic N) is 4. The summed E-state index contributed by atoms with van der Waals surface area (Å²) < 4.78 is 68.2. The van der Waals surface area contributed by atoms with Crippen molar-refractivity contribution in [3.8, 4) is 22.6 Å². The highest BCUT2D eigenvalue weighted by Gasteiger charge is 2.22. The molecule has 0 aliphatic heterocycles. The predicted octanol–water partition coefficient (Wildman–Crippen LogP) is 9.01. The summed E-state index contributed by atoms with van der Waals surface area (Å²) in [5.74, 6) is -0.496. The molecule has 6 aromatic carbocycles. The molecule has 0 bridgehead atoms. The van der Waals surface area contributed by atoms with E-state index in [0.29, 0.717) is 16.9 Å². The lowest BCUT2D eigenvalue weighted by atomic mass is 10.0. The largest absolute Gasteiger partial charge is 0.507 e. The minimum absolute atomic E-state index is 0.108. The third-order valence-electron chi connectivity index (χ3n) is 7.71. The molecule has 0 heterocycles. The van der Waals surface area contributed by atoms with Crippen molar-refractivity contribution in [1.82, 2.24) is 0 Å². The Kier molecular flexibility index (Phi) is 8.26. The van der Waals surface area contributed by atoms with E-state index < -0.39 is 30.0 Å². The van der Waals surface area contributed by atoms with Gasteiger partial charge in [0.1, 0.15) is 26.9 Å². The van der Waals surface area contributed by atoms with Crippen LogP contribution in [0.2, 0.25) is 0 Å². The zero-order valence-electron chi connectivity index (χ0n) is 25.3. The number of phenolic OH excluding ortho intramolecular Hbond substituents is 2. The van der Waals surface area contributed by atoms with Crippen molar-refractivity contribution in [1.29, 1.82) is 0 Å². The molecule has 6 rings (SSSR count). The van der Waals surface area contributed by atoms with Crippen LogP contribution in [-0.2, 0) is 20.2 Å². The van der Waals surface area contributed by atoms with Crippen LogP contribution < -0.4 is 0 Å². The lowest BCUT2D eigenvalue weighted by Gasteiger charge is -2.10. The van der Waals surface area contributed by atoms with Crippen LogP contribution in [0.3, 0.4) is 0 Å². The number of rotatable bonds is 7. The highest BCUT2D eigenvalue weighted by atomic mass is 32.2. The number of fused-ring (bicyclic) bond motifs is 2. The predicted molar refractivity (Wildman–Crippen MR) is 181 cm³/mol. The number of aromatic hydroxyl groups is 2. The second-order valence-electron chi connectivity index (χ2n) is 10.9. The van der Waals surface area contributed by atoms with Gasteiger partial charge in [-0.25, -0.2) is 0 Å². The lowest BCUT2D eigenvalue weighted by Crippen LogP contribution is -2.00. The zero-order valence-corrected chi connectivity index (χ0v) is 26.9. The number of hydrogen-bond donors (Lipinski definition) is 4. The summed E-state index contributed by atoms with van der Waals surface area (Å²) in [4.78, 5) is -0.860. The molecule has 0 spiro atoms. The fraction of sp³-hybridized carbons (Fsp3) is 0.0588. The van der Waals surface area contributed by atoms with Crippen molar-refractivity contribution in [3.05, 3.63) is 108 Å². The summed E-state index contributed by atoms with van der Waals surface area (Å²) in [5, 5.41) is 38.5. The number of phenols is 2. The van der Waals surface area contributed by atoms with Crippen LogP contribution in [0.1, 0.15) is 11.1 Å². The Labute approximate surface area is 274 Å². The number of aryl methyl sites for hydroxylation is 2. The average molecular weight is 683 g/mol. The highest BCUT2D eigenvalue weighted by Crippen LogP contribution is 2.41. The minimum atomic E-state index is -4.71. The smallest absolute Gasteiger partial charge is 0.297 e. The Bertz CT molecular complexity index is 2570. The van der Waals surface area contributed by atoms with Crippen LogP contribution in [0.25, 0.3) is 32.7 Å². The maximum Gasteiger partial charge on any atom is 0.297 e. The Morgan fingerprint density at radius 1 is 0.500 bits per heavy atom. The van der Waals surface area contributed by atoms with Crippen LogP contribution in [-0.4, -0.2) is 36.2 Å². The summed E-state index contributed by atoms with van der Waals surface area (Å²) in [6.45, 7) is 3.61. The van der Waals surface area contributed by atoms with Gasteiger partial charge in [-0.2, -0.15) is 27.1 Å². The van der Waals surface area contributed by atoms with E-state index in [-0.39, 0.29) is 44.4 Å². The normalized spacial score (nSPS) is 12.5. The van der Waals surface area contributed by atoms with Crippen molar-refractivity contribution in [2.75, 3.05) is 0 Å². The SMILES string of the molecule is Cc1cc(-c2ccc(N=Nc3cc(O)c4ccccc4c3S(=O)(=O)O)c(C)c2)ccc1N=Nc1cc(S(=O)(=O)O)c2ccccc2c1O. The second kappa shape index (κ2) is 12.2. The summed E-state index contributed by atoms with van der Waals surface area (Å²) in [7, 11) is -9.31. The summed E-state index contributed by atoms with van der Waals surface area (Å²) >= 11 is 0. The zero-order chi connectivity index (χ0) is 34.4. The van der Waals surface area contributed by atoms with Crippen molar-refractivity contribution in [2.45, 2.75) is 23.6 Å². The quantitative estimate of drug-likeness (QED) is 0.0944. The number of benzene rings is 6. The third-order valence-corrected chi connectivity index (χ3v) is 9.54. The lowest BCUT2D eigenvalue weighted by molar-refractivity contribution is 0.477. The van der Waals surface area contributed by atoms with E-state index >= 15 is 0 Å². The molecular weight excluding hydrogens is 657 g/mol. The van der Waals surface area contributed by atoms with Crippen LogP contribution in [0.5, 0.6) is 11.5 Å². The first-order chi connectivity index (χ1) is 22.7. The molecule has 0 atom stereocenters. The first-order valence-corrected chi connectivity index (χ1v) is 17.1. The standard InChI is InChI=1S/C34H26N4O8S2/c1-19-15-21(11-13-27(19)35-37-29-18-32(47(41,42)43)24-8-4-5-9-25(24)33(29)40)22-12-14-28(20(2)16-22)36-38-30-17-31(39)23-7-3-6-10-26(23)34(30)48(44,45)46/h3-18,39-40H,1-2H3,(H,41,42,43)(H,44,45,46). The Balaban J connectivity index is 1.29. The van der Waals surface area contributed by atoms with Crippen molar-refractivity contribution in [2.24, 2.45) is 20.5 Å². The van der Waals surface area contributed by atoms with Gasteiger partial charge in [-0.15, -0.1) is 10.2 Å². The van der Waals surface area contributed by atoms with Gasteiger partial charge in [0.25, 0.3) is 20.2 Å². The van der Waals surface area contributed by atoms with E-state index in [1.807, 2.05) is 19.1 Å². The summed E-state index contributed by atoms with van der Waals surface area (Å²) in [5.41, 5.74) is 3.61. The first-order valence-electron chi connectivity index (χ1n) is 14.2. The van der Waals surface area contributed by atoms with Gasteiger partial charge < -0.3 is 10.2 Å². The topological polar surface area (TPSA) is 199 Å². The minimum Gasteiger partial charge on any atom is -0.507 e. The number of hydrogen-bond acceptors (Lipinski definition) is 10.